The van der Waals surface area contributed by atoms with Crippen LogP contribution < -0.4 is 5.73 Å². The van der Waals surface area contributed by atoms with Crippen LogP contribution in [-0.2, 0) is 0 Å². The van der Waals surface area contributed by atoms with Crippen molar-refractivity contribution in [1.82, 2.24) is 10.2 Å². The standard InChI is InChI=1S/C8H5ClFN3O/c9-5-3-1-2-4(6(5)10)7-12-13-8(11)14-7/h1-3H,(H2,11,13). The van der Waals surface area contributed by atoms with Crippen LogP contribution in [0.4, 0.5) is 10.4 Å². The zero-order chi connectivity index (χ0) is 10.1. The molecule has 0 aliphatic heterocycles. The molecular formula is C8H5ClFN3O. The molecule has 0 atom stereocenters. The predicted molar refractivity (Wildman–Crippen MR) is 49.1 cm³/mol. The molecule has 6 heteroatoms. The molecule has 0 saturated carbocycles. The van der Waals surface area contributed by atoms with Gasteiger partial charge in [0.15, 0.2) is 5.82 Å². The minimum Gasteiger partial charge on any atom is -0.403 e. The Morgan fingerprint density at radius 1 is 1.36 bits per heavy atom. The Bertz CT molecular complexity index is 471. The van der Waals surface area contributed by atoms with Crippen LogP contribution >= 0.6 is 11.6 Å². The van der Waals surface area contributed by atoms with Crippen molar-refractivity contribution in [1.29, 1.82) is 0 Å². The van der Waals surface area contributed by atoms with Gasteiger partial charge in [-0.25, -0.2) is 4.39 Å². The minimum atomic E-state index is -0.599. The molecule has 1 aromatic heterocycles. The van der Waals surface area contributed by atoms with E-state index in [0.29, 0.717) is 0 Å². The van der Waals surface area contributed by atoms with Crippen molar-refractivity contribution in [3.63, 3.8) is 0 Å². The fourth-order valence-corrected chi connectivity index (χ4v) is 1.19. The molecule has 0 unspecified atom stereocenters. The highest BCUT2D eigenvalue weighted by molar-refractivity contribution is 6.31. The van der Waals surface area contributed by atoms with E-state index in [1.165, 1.54) is 12.1 Å². The number of nitrogens with two attached hydrogens (primary N) is 1. The zero-order valence-electron chi connectivity index (χ0n) is 6.87. The van der Waals surface area contributed by atoms with Crippen molar-refractivity contribution in [3.8, 4) is 11.5 Å². The van der Waals surface area contributed by atoms with Gasteiger partial charge in [-0.15, -0.1) is 5.10 Å². The lowest BCUT2D eigenvalue weighted by Gasteiger charge is -1.98. The summed E-state index contributed by atoms with van der Waals surface area (Å²) < 4.78 is 18.3. The molecule has 0 fully saturated rings. The minimum absolute atomic E-state index is 0.000675. The van der Waals surface area contributed by atoms with Gasteiger partial charge in [0.05, 0.1) is 10.6 Å². The van der Waals surface area contributed by atoms with Gasteiger partial charge in [0.2, 0.25) is 0 Å². The Hall–Kier alpha value is -1.62. The van der Waals surface area contributed by atoms with Crippen molar-refractivity contribution in [2.24, 2.45) is 0 Å². The fourth-order valence-electron chi connectivity index (χ4n) is 1.01. The van der Waals surface area contributed by atoms with Gasteiger partial charge >= 0.3 is 6.01 Å². The van der Waals surface area contributed by atoms with Gasteiger partial charge in [-0.2, -0.15) is 0 Å². The van der Waals surface area contributed by atoms with E-state index in [-0.39, 0.29) is 22.5 Å². The maximum Gasteiger partial charge on any atom is 0.313 e. The number of benzene rings is 1. The number of nitrogens with zero attached hydrogens (tertiary/aromatic N) is 2. The SMILES string of the molecule is Nc1nnc(-c2cccc(Cl)c2F)o1. The van der Waals surface area contributed by atoms with E-state index >= 15 is 0 Å². The molecule has 1 heterocycles. The highest BCUT2D eigenvalue weighted by Gasteiger charge is 2.13. The number of rotatable bonds is 1. The van der Waals surface area contributed by atoms with Crippen LogP contribution in [0.3, 0.4) is 0 Å². The monoisotopic (exact) mass is 213 g/mol. The van der Waals surface area contributed by atoms with Crippen molar-refractivity contribution >= 4 is 17.6 Å². The van der Waals surface area contributed by atoms with Crippen LogP contribution in [0.25, 0.3) is 11.5 Å². The summed E-state index contributed by atoms with van der Waals surface area (Å²) in [4.78, 5) is 0. The van der Waals surface area contributed by atoms with Gasteiger partial charge in [0.1, 0.15) is 0 Å². The summed E-state index contributed by atoms with van der Waals surface area (Å²) in [5.74, 6) is -0.583. The maximum absolute atomic E-state index is 13.4. The van der Waals surface area contributed by atoms with E-state index < -0.39 is 5.82 Å². The molecule has 72 valence electrons. The molecule has 2 aromatic rings. The molecule has 0 amide bonds. The second kappa shape index (κ2) is 3.26. The van der Waals surface area contributed by atoms with Gasteiger partial charge in [-0.05, 0) is 12.1 Å². The highest BCUT2D eigenvalue weighted by atomic mass is 35.5. The predicted octanol–water partition coefficient (Wildman–Crippen LogP) is 2.11. The van der Waals surface area contributed by atoms with Crippen molar-refractivity contribution < 1.29 is 8.81 Å². The summed E-state index contributed by atoms with van der Waals surface area (Å²) in [5, 5.41) is 6.96. The second-order valence-corrected chi connectivity index (χ2v) is 2.95. The van der Waals surface area contributed by atoms with Gasteiger partial charge in [0.25, 0.3) is 5.89 Å². The molecule has 0 spiro atoms. The summed E-state index contributed by atoms with van der Waals surface area (Å²) in [5.41, 5.74) is 5.35. The molecule has 1 aromatic carbocycles. The van der Waals surface area contributed by atoms with Crippen LogP contribution in [-0.4, -0.2) is 10.2 Å². The maximum atomic E-state index is 13.4. The van der Waals surface area contributed by atoms with E-state index in [1.807, 2.05) is 0 Å². The van der Waals surface area contributed by atoms with Crippen molar-refractivity contribution in [2.45, 2.75) is 0 Å². The lowest BCUT2D eigenvalue weighted by Crippen LogP contribution is -1.85. The number of halogens is 2. The Morgan fingerprint density at radius 3 is 2.79 bits per heavy atom. The molecule has 0 bridgehead atoms. The molecule has 0 saturated heterocycles. The number of hydrogen-bond acceptors (Lipinski definition) is 4. The van der Waals surface area contributed by atoms with Crippen LogP contribution in [0.2, 0.25) is 5.02 Å². The van der Waals surface area contributed by atoms with Crippen LogP contribution in [0.5, 0.6) is 0 Å². The van der Waals surface area contributed by atoms with E-state index in [4.69, 9.17) is 21.8 Å². The van der Waals surface area contributed by atoms with Gasteiger partial charge in [-0.3, -0.25) is 0 Å². The molecular weight excluding hydrogens is 209 g/mol. The average Bonchev–Trinajstić information content (AvgIpc) is 2.57. The first-order valence-corrected chi connectivity index (χ1v) is 4.09. The Kier molecular flexibility index (Phi) is 2.09. The first-order chi connectivity index (χ1) is 6.68. The van der Waals surface area contributed by atoms with E-state index in [0.717, 1.165) is 0 Å². The number of hydrogen-bond donors (Lipinski definition) is 1. The Balaban J connectivity index is 2.57. The quantitative estimate of drug-likeness (QED) is 0.788. The summed E-state index contributed by atoms with van der Waals surface area (Å²) in [6, 6.07) is 4.38. The largest absolute Gasteiger partial charge is 0.403 e. The molecule has 0 radical (unpaired) electrons. The van der Waals surface area contributed by atoms with E-state index in [1.54, 1.807) is 6.07 Å². The summed E-state index contributed by atoms with van der Waals surface area (Å²) in [6.45, 7) is 0. The second-order valence-electron chi connectivity index (χ2n) is 2.55. The number of aromatic nitrogens is 2. The van der Waals surface area contributed by atoms with E-state index in [2.05, 4.69) is 10.2 Å². The topological polar surface area (TPSA) is 64.9 Å². The Labute approximate surface area is 83.5 Å². The molecule has 2 rings (SSSR count). The van der Waals surface area contributed by atoms with Crippen LogP contribution in [0, 0.1) is 5.82 Å². The Morgan fingerprint density at radius 2 is 2.14 bits per heavy atom. The van der Waals surface area contributed by atoms with Gasteiger partial charge < -0.3 is 10.2 Å². The normalized spacial score (nSPS) is 10.4. The lowest BCUT2D eigenvalue weighted by atomic mass is 10.2. The molecule has 2 N–H and O–H groups in total. The summed E-state index contributed by atoms with van der Waals surface area (Å²) >= 11 is 5.57. The summed E-state index contributed by atoms with van der Waals surface area (Å²) in [7, 11) is 0. The molecule has 0 aliphatic carbocycles. The fraction of sp³-hybridized carbons (Fsp3) is 0. The first-order valence-electron chi connectivity index (χ1n) is 3.72. The number of anilines is 1. The third kappa shape index (κ3) is 1.42. The van der Waals surface area contributed by atoms with Crippen LogP contribution in [0.1, 0.15) is 0 Å². The smallest absolute Gasteiger partial charge is 0.313 e. The van der Waals surface area contributed by atoms with Crippen LogP contribution in [0.15, 0.2) is 22.6 Å². The molecule has 0 aliphatic rings. The van der Waals surface area contributed by atoms with Crippen molar-refractivity contribution in [3.05, 3.63) is 29.0 Å². The lowest BCUT2D eigenvalue weighted by molar-refractivity contribution is 0.575. The first kappa shape index (κ1) is 8.96. The van der Waals surface area contributed by atoms with E-state index in [9.17, 15) is 4.39 Å². The molecule has 14 heavy (non-hydrogen) atoms. The third-order valence-corrected chi connectivity index (χ3v) is 1.91. The number of nitrogen functional groups attached to an aromatic ring is 1. The molecule has 4 nitrogen and oxygen atoms in total. The highest BCUT2D eigenvalue weighted by Crippen LogP contribution is 2.26. The van der Waals surface area contributed by atoms with Gasteiger partial charge in [0, 0.05) is 0 Å². The third-order valence-electron chi connectivity index (χ3n) is 1.62. The summed E-state index contributed by atoms with van der Waals surface area (Å²) in [6.07, 6.45) is 0. The zero-order valence-corrected chi connectivity index (χ0v) is 7.62. The van der Waals surface area contributed by atoms with Gasteiger partial charge in [-0.1, -0.05) is 22.8 Å². The average molecular weight is 214 g/mol. The van der Waals surface area contributed by atoms with Crippen molar-refractivity contribution in [2.75, 3.05) is 5.73 Å².